The van der Waals surface area contributed by atoms with E-state index < -0.39 is 0 Å². The van der Waals surface area contributed by atoms with Gasteiger partial charge in [-0.2, -0.15) is 0 Å². The Labute approximate surface area is 143 Å². The highest BCUT2D eigenvalue weighted by atomic mass is 32.2. The predicted molar refractivity (Wildman–Crippen MR) is 97.7 cm³/mol. The minimum Gasteiger partial charge on any atom is -0.324 e. The van der Waals surface area contributed by atoms with Gasteiger partial charge in [-0.05, 0) is 41.1 Å². The second-order valence-corrected chi connectivity index (χ2v) is 6.58. The molecular weight excluding hydrogens is 320 g/mol. The smallest absolute Gasteiger partial charge is 0.255 e. The summed E-state index contributed by atoms with van der Waals surface area (Å²) in [5.74, 6) is 0.233. The summed E-state index contributed by atoms with van der Waals surface area (Å²) in [5, 5.41) is 7.84. The van der Waals surface area contributed by atoms with Crippen molar-refractivity contribution < 1.29 is 9.59 Å². The van der Waals surface area contributed by atoms with Gasteiger partial charge in [0.15, 0.2) is 0 Å². The SMILES string of the molecule is O=C1CSc2ccc(NC(=O)c3ccc4ccccc4c3)cc2N1. The molecule has 0 saturated carbocycles. The number of rotatable bonds is 2. The van der Waals surface area contributed by atoms with Crippen LogP contribution in [0.3, 0.4) is 0 Å². The zero-order valence-electron chi connectivity index (χ0n) is 12.7. The van der Waals surface area contributed by atoms with Gasteiger partial charge in [-0.25, -0.2) is 0 Å². The number of hydrogen-bond donors (Lipinski definition) is 2. The quantitative estimate of drug-likeness (QED) is 0.740. The molecule has 3 aromatic carbocycles. The van der Waals surface area contributed by atoms with E-state index in [1.807, 2.05) is 54.6 Å². The summed E-state index contributed by atoms with van der Waals surface area (Å²) in [6.45, 7) is 0. The second kappa shape index (κ2) is 6.02. The number of anilines is 2. The molecule has 0 fully saturated rings. The van der Waals surface area contributed by atoms with Gasteiger partial charge in [0.1, 0.15) is 0 Å². The molecule has 2 amide bonds. The van der Waals surface area contributed by atoms with E-state index in [2.05, 4.69) is 10.6 Å². The highest BCUT2D eigenvalue weighted by Crippen LogP contribution is 2.33. The van der Waals surface area contributed by atoms with E-state index in [0.717, 1.165) is 21.4 Å². The lowest BCUT2D eigenvalue weighted by atomic mass is 10.1. The number of carbonyl (C=O) groups excluding carboxylic acids is 2. The van der Waals surface area contributed by atoms with E-state index in [4.69, 9.17) is 0 Å². The van der Waals surface area contributed by atoms with Crippen molar-refractivity contribution in [2.45, 2.75) is 4.90 Å². The van der Waals surface area contributed by atoms with Crippen molar-refractivity contribution in [3.05, 3.63) is 66.2 Å². The molecule has 0 atom stereocenters. The largest absolute Gasteiger partial charge is 0.324 e. The van der Waals surface area contributed by atoms with Crippen LogP contribution in [-0.4, -0.2) is 17.6 Å². The Morgan fingerprint density at radius 2 is 1.83 bits per heavy atom. The Morgan fingerprint density at radius 1 is 1.00 bits per heavy atom. The van der Waals surface area contributed by atoms with Crippen molar-refractivity contribution >= 4 is 45.7 Å². The van der Waals surface area contributed by atoms with Crippen molar-refractivity contribution in [3.63, 3.8) is 0 Å². The molecule has 0 bridgehead atoms. The van der Waals surface area contributed by atoms with E-state index in [1.165, 1.54) is 11.8 Å². The molecule has 0 aliphatic carbocycles. The van der Waals surface area contributed by atoms with E-state index in [1.54, 1.807) is 6.07 Å². The number of thioether (sulfide) groups is 1. The average molecular weight is 334 g/mol. The molecule has 0 spiro atoms. The van der Waals surface area contributed by atoms with Crippen LogP contribution in [0, 0.1) is 0 Å². The number of benzene rings is 3. The third-order valence-electron chi connectivity index (χ3n) is 3.88. The van der Waals surface area contributed by atoms with Crippen LogP contribution in [0.15, 0.2) is 65.6 Å². The van der Waals surface area contributed by atoms with Crippen LogP contribution in [0.1, 0.15) is 10.4 Å². The maximum absolute atomic E-state index is 12.5. The zero-order chi connectivity index (χ0) is 16.5. The van der Waals surface area contributed by atoms with Crippen molar-refractivity contribution in [2.75, 3.05) is 16.4 Å². The molecule has 0 radical (unpaired) electrons. The number of amides is 2. The Balaban J connectivity index is 1.59. The molecule has 4 nitrogen and oxygen atoms in total. The molecule has 118 valence electrons. The summed E-state index contributed by atoms with van der Waals surface area (Å²) in [6, 6.07) is 19.1. The molecule has 0 saturated heterocycles. The minimum absolute atomic E-state index is 0.0227. The molecule has 1 heterocycles. The summed E-state index contributed by atoms with van der Waals surface area (Å²) in [4.78, 5) is 25.0. The third-order valence-corrected chi connectivity index (χ3v) is 4.96. The zero-order valence-corrected chi connectivity index (χ0v) is 13.5. The maximum Gasteiger partial charge on any atom is 0.255 e. The van der Waals surface area contributed by atoms with Gasteiger partial charge in [-0.1, -0.05) is 30.3 Å². The van der Waals surface area contributed by atoms with Gasteiger partial charge in [0.05, 0.1) is 11.4 Å². The Kier molecular flexibility index (Phi) is 3.70. The monoisotopic (exact) mass is 334 g/mol. The fraction of sp³-hybridized carbons (Fsp3) is 0.0526. The highest BCUT2D eigenvalue weighted by molar-refractivity contribution is 8.00. The van der Waals surface area contributed by atoms with Crippen LogP contribution in [-0.2, 0) is 4.79 Å². The average Bonchev–Trinajstić information content (AvgIpc) is 2.61. The van der Waals surface area contributed by atoms with Crippen LogP contribution >= 0.6 is 11.8 Å². The third kappa shape index (κ3) is 2.86. The maximum atomic E-state index is 12.5. The van der Waals surface area contributed by atoms with Gasteiger partial charge < -0.3 is 10.6 Å². The predicted octanol–water partition coefficient (Wildman–Crippen LogP) is 4.14. The van der Waals surface area contributed by atoms with Gasteiger partial charge in [0.2, 0.25) is 5.91 Å². The summed E-state index contributed by atoms with van der Waals surface area (Å²) in [7, 11) is 0. The lowest BCUT2D eigenvalue weighted by molar-refractivity contribution is -0.113. The summed E-state index contributed by atoms with van der Waals surface area (Å²) >= 11 is 1.50. The lowest BCUT2D eigenvalue weighted by Crippen LogP contribution is -2.19. The van der Waals surface area contributed by atoms with E-state index in [-0.39, 0.29) is 11.8 Å². The van der Waals surface area contributed by atoms with Crippen LogP contribution < -0.4 is 10.6 Å². The van der Waals surface area contributed by atoms with Crippen LogP contribution in [0.5, 0.6) is 0 Å². The van der Waals surface area contributed by atoms with E-state index in [9.17, 15) is 9.59 Å². The van der Waals surface area contributed by atoms with Crippen molar-refractivity contribution in [1.82, 2.24) is 0 Å². The number of carbonyl (C=O) groups is 2. The molecular formula is C19H14N2O2S. The van der Waals surface area contributed by atoms with Crippen molar-refractivity contribution in [1.29, 1.82) is 0 Å². The first-order chi connectivity index (χ1) is 11.7. The minimum atomic E-state index is -0.171. The van der Waals surface area contributed by atoms with Gasteiger partial charge in [0, 0.05) is 16.1 Å². The lowest BCUT2D eigenvalue weighted by Gasteiger charge is -2.17. The molecule has 1 aliphatic heterocycles. The standard InChI is InChI=1S/C19H14N2O2S/c22-18-11-24-17-8-7-15(10-16(17)21-18)20-19(23)14-6-5-12-3-1-2-4-13(12)9-14/h1-10H,11H2,(H,20,23)(H,21,22). The van der Waals surface area contributed by atoms with Gasteiger partial charge in [-0.15, -0.1) is 11.8 Å². The van der Waals surface area contributed by atoms with E-state index >= 15 is 0 Å². The molecule has 0 unspecified atom stereocenters. The summed E-state index contributed by atoms with van der Waals surface area (Å²) in [6.07, 6.45) is 0. The molecule has 3 aromatic rings. The Morgan fingerprint density at radius 3 is 2.71 bits per heavy atom. The topological polar surface area (TPSA) is 58.2 Å². The fourth-order valence-electron chi connectivity index (χ4n) is 2.69. The molecule has 4 rings (SSSR count). The normalized spacial score (nSPS) is 13.2. The molecule has 2 N–H and O–H groups in total. The first kappa shape index (κ1) is 14.8. The van der Waals surface area contributed by atoms with Gasteiger partial charge in [-0.3, -0.25) is 9.59 Å². The van der Waals surface area contributed by atoms with Crippen LogP contribution in [0.2, 0.25) is 0 Å². The highest BCUT2D eigenvalue weighted by Gasteiger charge is 2.16. The van der Waals surface area contributed by atoms with Gasteiger partial charge >= 0.3 is 0 Å². The van der Waals surface area contributed by atoms with Gasteiger partial charge in [0.25, 0.3) is 5.91 Å². The molecule has 24 heavy (non-hydrogen) atoms. The molecule has 1 aliphatic rings. The summed E-state index contributed by atoms with van der Waals surface area (Å²) in [5.41, 5.74) is 2.01. The Bertz CT molecular complexity index is 968. The summed E-state index contributed by atoms with van der Waals surface area (Å²) < 4.78 is 0. The molecule has 0 aromatic heterocycles. The van der Waals surface area contributed by atoms with Crippen LogP contribution in [0.25, 0.3) is 10.8 Å². The first-order valence-corrected chi connectivity index (χ1v) is 8.54. The Hall–Kier alpha value is -2.79. The van der Waals surface area contributed by atoms with Crippen LogP contribution in [0.4, 0.5) is 11.4 Å². The van der Waals surface area contributed by atoms with E-state index in [0.29, 0.717) is 17.0 Å². The number of nitrogens with one attached hydrogen (secondary N) is 2. The van der Waals surface area contributed by atoms with Crippen molar-refractivity contribution in [3.8, 4) is 0 Å². The number of hydrogen-bond acceptors (Lipinski definition) is 3. The number of fused-ring (bicyclic) bond motifs is 2. The fourth-order valence-corrected chi connectivity index (χ4v) is 3.48. The first-order valence-electron chi connectivity index (χ1n) is 7.56. The second-order valence-electron chi connectivity index (χ2n) is 5.56. The van der Waals surface area contributed by atoms with Crippen molar-refractivity contribution in [2.24, 2.45) is 0 Å². The molecule has 5 heteroatoms.